The van der Waals surface area contributed by atoms with Gasteiger partial charge in [0.15, 0.2) is 0 Å². The molecule has 94 valence electrons. The van der Waals surface area contributed by atoms with Crippen LogP contribution in [0, 0.1) is 0 Å². The molecule has 0 saturated carbocycles. The maximum atomic E-state index is 10.9. The molecule has 0 saturated heterocycles. The number of nitrogens with zero attached hydrogens (tertiary/aromatic N) is 1. The summed E-state index contributed by atoms with van der Waals surface area (Å²) in [6.07, 6.45) is 3.83. The zero-order chi connectivity index (χ0) is 13.0. The van der Waals surface area contributed by atoms with Crippen molar-refractivity contribution < 1.29 is 5.11 Å². The van der Waals surface area contributed by atoms with Crippen LogP contribution in [0.4, 0.5) is 0 Å². The van der Waals surface area contributed by atoms with Gasteiger partial charge >= 0.3 is 0 Å². The third-order valence-electron chi connectivity index (χ3n) is 2.97. The monoisotopic (exact) mass is 306 g/mol. The van der Waals surface area contributed by atoms with Crippen LogP contribution >= 0.6 is 15.9 Å². The van der Waals surface area contributed by atoms with E-state index in [1.165, 1.54) is 0 Å². The number of aromatic nitrogens is 1. The lowest BCUT2D eigenvalue weighted by molar-refractivity contribution is 0.0733. The maximum Gasteiger partial charge on any atom is 0.117 e. The minimum absolute atomic E-state index is 0.404. The Bertz CT molecular complexity index is 501. The van der Waals surface area contributed by atoms with Gasteiger partial charge in [-0.15, -0.1) is 0 Å². The molecule has 18 heavy (non-hydrogen) atoms. The molecule has 0 aliphatic heterocycles. The second-order valence-electron chi connectivity index (χ2n) is 4.15. The van der Waals surface area contributed by atoms with Gasteiger partial charge in [0.25, 0.3) is 0 Å². The van der Waals surface area contributed by atoms with E-state index in [2.05, 4.69) is 20.9 Å². The van der Waals surface area contributed by atoms with Crippen LogP contribution in [0.5, 0.6) is 0 Å². The second-order valence-corrected chi connectivity index (χ2v) is 5.06. The fourth-order valence-corrected chi connectivity index (χ4v) is 2.26. The van der Waals surface area contributed by atoms with Gasteiger partial charge in [0.1, 0.15) is 5.60 Å². The summed E-state index contributed by atoms with van der Waals surface area (Å²) in [6, 6.07) is 11.3. The summed E-state index contributed by atoms with van der Waals surface area (Å²) >= 11 is 3.39. The predicted octanol–water partition coefficient (Wildman–Crippen LogP) is 2.43. The summed E-state index contributed by atoms with van der Waals surface area (Å²) in [4.78, 5) is 4.07. The molecule has 1 aromatic carbocycles. The lowest BCUT2D eigenvalue weighted by atomic mass is 9.84. The van der Waals surface area contributed by atoms with Gasteiger partial charge in [-0.3, -0.25) is 4.98 Å². The average Bonchev–Trinajstić information content (AvgIpc) is 2.40. The van der Waals surface area contributed by atoms with Crippen molar-refractivity contribution in [3.63, 3.8) is 0 Å². The number of rotatable bonds is 4. The Morgan fingerprint density at radius 2 is 1.89 bits per heavy atom. The first-order valence-corrected chi connectivity index (χ1v) is 6.55. The molecule has 1 unspecified atom stereocenters. The van der Waals surface area contributed by atoms with E-state index >= 15 is 0 Å². The molecule has 4 heteroatoms. The van der Waals surface area contributed by atoms with Gasteiger partial charge in [-0.2, -0.15) is 0 Å². The lowest BCUT2D eigenvalue weighted by Crippen LogP contribution is -2.30. The fraction of sp³-hybridized carbons (Fsp3) is 0.214. The summed E-state index contributed by atoms with van der Waals surface area (Å²) in [7, 11) is 0. The SMILES string of the molecule is NCCC(O)(c1ccc(Br)cc1)c1cccnc1. The van der Waals surface area contributed by atoms with Crippen LogP contribution in [0.2, 0.25) is 0 Å². The molecule has 0 radical (unpaired) electrons. The highest BCUT2D eigenvalue weighted by atomic mass is 79.9. The number of aliphatic hydroxyl groups is 1. The Balaban J connectivity index is 2.47. The zero-order valence-electron chi connectivity index (χ0n) is 9.88. The molecule has 2 rings (SSSR count). The van der Waals surface area contributed by atoms with Crippen molar-refractivity contribution in [3.05, 3.63) is 64.4 Å². The third kappa shape index (κ3) is 2.61. The third-order valence-corrected chi connectivity index (χ3v) is 3.50. The van der Waals surface area contributed by atoms with Crippen molar-refractivity contribution in [1.29, 1.82) is 0 Å². The first kappa shape index (κ1) is 13.2. The minimum Gasteiger partial charge on any atom is -0.380 e. The summed E-state index contributed by atoms with van der Waals surface area (Å²) in [6.45, 7) is 0.404. The molecule has 1 aromatic heterocycles. The summed E-state index contributed by atoms with van der Waals surface area (Å²) in [5.41, 5.74) is 6.13. The van der Waals surface area contributed by atoms with Crippen LogP contribution < -0.4 is 5.73 Å². The largest absolute Gasteiger partial charge is 0.380 e. The number of hydrogen-bond acceptors (Lipinski definition) is 3. The summed E-state index contributed by atoms with van der Waals surface area (Å²) in [5.74, 6) is 0. The highest BCUT2D eigenvalue weighted by Gasteiger charge is 2.30. The van der Waals surface area contributed by atoms with E-state index in [-0.39, 0.29) is 0 Å². The van der Waals surface area contributed by atoms with E-state index < -0.39 is 5.60 Å². The van der Waals surface area contributed by atoms with Gasteiger partial charge < -0.3 is 10.8 Å². The topological polar surface area (TPSA) is 59.1 Å². The van der Waals surface area contributed by atoms with Crippen molar-refractivity contribution in [3.8, 4) is 0 Å². The Kier molecular flexibility index (Phi) is 4.11. The van der Waals surface area contributed by atoms with E-state index in [0.29, 0.717) is 13.0 Å². The number of pyridine rings is 1. The van der Waals surface area contributed by atoms with E-state index in [1.54, 1.807) is 12.4 Å². The maximum absolute atomic E-state index is 10.9. The molecule has 1 atom stereocenters. The zero-order valence-corrected chi connectivity index (χ0v) is 11.5. The van der Waals surface area contributed by atoms with E-state index in [0.717, 1.165) is 15.6 Å². The summed E-state index contributed by atoms with van der Waals surface area (Å²) < 4.78 is 0.979. The fourth-order valence-electron chi connectivity index (χ4n) is 2.00. The molecule has 3 nitrogen and oxygen atoms in total. The molecular formula is C14H15BrN2O. The molecule has 2 aromatic rings. The number of nitrogens with two attached hydrogens (primary N) is 1. The molecular weight excluding hydrogens is 292 g/mol. The lowest BCUT2D eigenvalue weighted by Gasteiger charge is -2.28. The Morgan fingerprint density at radius 3 is 2.44 bits per heavy atom. The molecule has 0 aliphatic carbocycles. The van der Waals surface area contributed by atoms with Crippen molar-refractivity contribution in [2.45, 2.75) is 12.0 Å². The molecule has 0 spiro atoms. The Morgan fingerprint density at radius 1 is 1.17 bits per heavy atom. The smallest absolute Gasteiger partial charge is 0.117 e. The Hall–Kier alpha value is -1.23. The first-order chi connectivity index (χ1) is 8.66. The van der Waals surface area contributed by atoms with Crippen LogP contribution in [-0.4, -0.2) is 16.6 Å². The quantitative estimate of drug-likeness (QED) is 0.912. The predicted molar refractivity (Wildman–Crippen MR) is 75.0 cm³/mol. The highest BCUT2D eigenvalue weighted by Crippen LogP contribution is 2.32. The normalized spacial score (nSPS) is 14.2. The van der Waals surface area contributed by atoms with Gasteiger partial charge in [0.05, 0.1) is 0 Å². The highest BCUT2D eigenvalue weighted by molar-refractivity contribution is 9.10. The van der Waals surface area contributed by atoms with Crippen molar-refractivity contribution in [1.82, 2.24) is 4.98 Å². The van der Waals surface area contributed by atoms with Crippen LogP contribution in [0.15, 0.2) is 53.3 Å². The molecule has 0 bridgehead atoms. The minimum atomic E-state index is -1.08. The van der Waals surface area contributed by atoms with Crippen LogP contribution in [0.25, 0.3) is 0 Å². The summed E-state index contributed by atoms with van der Waals surface area (Å²) in [5, 5.41) is 10.9. The molecule has 0 amide bonds. The number of benzene rings is 1. The van der Waals surface area contributed by atoms with Crippen molar-refractivity contribution >= 4 is 15.9 Å². The van der Waals surface area contributed by atoms with Crippen molar-refractivity contribution in [2.24, 2.45) is 5.73 Å². The molecule has 1 heterocycles. The molecule has 0 aliphatic rings. The molecule has 0 fully saturated rings. The first-order valence-electron chi connectivity index (χ1n) is 5.76. The standard InChI is InChI=1S/C14H15BrN2O/c15-13-5-3-11(4-6-13)14(18,7-8-16)12-2-1-9-17-10-12/h1-6,9-10,18H,7-8,16H2. The second kappa shape index (κ2) is 5.61. The van der Waals surface area contributed by atoms with Gasteiger partial charge in [-0.05, 0) is 36.7 Å². The van der Waals surface area contributed by atoms with Gasteiger partial charge in [-0.1, -0.05) is 34.1 Å². The van der Waals surface area contributed by atoms with Gasteiger partial charge in [0.2, 0.25) is 0 Å². The van der Waals surface area contributed by atoms with Gasteiger partial charge in [0, 0.05) is 22.4 Å². The van der Waals surface area contributed by atoms with Crippen LogP contribution in [0.3, 0.4) is 0 Å². The van der Waals surface area contributed by atoms with Crippen molar-refractivity contribution in [2.75, 3.05) is 6.54 Å². The Labute approximate surface area is 115 Å². The van der Waals surface area contributed by atoms with Gasteiger partial charge in [-0.25, -0.2) is 0 Å². The number of hydrogen-bond donors (Lipinski definition) is 2. The average molecular weight is 307 g/mol. The van der Waals surface area contributed by atoms with E-state index in [4.69, 9.17) is 5.73 Å². The van der Waals surface area contributed by atoms with Crippen LogP contribution in [0.1, 0.15) is 17.5 Å². The van der Waals surface area contributed by atoms with Crippen LogP contribution in [-0.2, 0) is 5.60 Å². The number of halogens is 1. The van der Waals surface area contributed by atoms with E-state index in [1.807, 2.05) is 36.4 Å². The molecule has 3 N–H and O–H groups in total. The van der Waals surface area contributed by atoms with E-state index in [9.17, 15) is 5.11 Å².